The van der Waals surface area contributed by atoms with Crippen molar-refractivity contribution < 1.29 is 9.59 Å². The molecule has 3 aromatic rings. The maximum atomic E-state index is 12.3. The number of amides is 2. The van der Waals surface area contributed by atoms with Gasteiger partial charge in [-0.25, -0.2) is 4.98 Å². The lowest BCUT2D eigenvalue weighted by atomic mass is 10.1. The van der Waals surface area contributed by atoms with Gasteiger partial charge in [0.25, 0.3) is 5.91 Å². The van der Waals surface area contributed by atoms with Crippen LogP contribution in [0.15, 0.2) is 48.5 Å². The first kappa shape index (κ1) is 18.6. The SMILES string of the molecule is CCNC(=O)Cn1c(CCNC(=O)c2ccc(C)cc2)nc2ccccc21. The van der Waals surface area contributed by atoms with Gasteiger partial charge in [-0.1, -0.05) is 29.8 Å². The van der Waals surface area contributed by atoms with Crippen LogP contribution in [-0.4, -0.2) is 34.5 Å². The molecule has 1 heterocycles. The number of likely N-dealkylation sites (N-methyl/N-ethyl adjacent to an activating group) is 1. The number of nitrogens with one attached hydrogen (secondary N) is 2. The number of aryl methyl sites for hydroxylation is 1. The molecule has 0 aliphatic heterocycles. The van der Waals surface area contributed by atoms with E-state index in [1.807, 2.05) is 66.9 Å². The first-order chi connectivity index (χ1) is 13.1. The highest BCUT2D eigenvalue weighted by molar-refractivity contribution is 5.94. The molecule has 0 aliphatic rings. The number of carbonyl (C=O) groups excluding carboxylic acids is 2. The minimum atomic E-state index is -0.110. The van der Waals surface area contributed by atoms with Crippen molar-refractivity contribution in [1.82, 2.24) is 20.2 Å². The van der Waals surface area contributed by atoms with Crippen molar-refractivity contribution in [2.75, 3.05) is 13.1 Å². The molecule has 0 unspecified atom stereocenters. The van der Waals surface area contributed by atoms with Crippen LogP contribution in [0.5, 0.6) is 0 Å². The van der Waals surface area contributed by atoms with E-state index in [1.165, 1.54) is 0 Å². The second-order valence-electron chi connectivity index (χ2n) is 6.43. The summed E-state index contributed by atoms with van der Waals surface area (Å²) < 4.78 is 1.92. The molecule has 0 bridgehead atoms. The smallest absolute Gasteiger partial charge is 0.251 e. The fourth-order valence-electron chi connectivity index (χ4n) is 2.98. The zero-order valence-corrected chi connectivity index (χ0v) is 15.7. The average molecular weight is 364 g/mol. The molecule has 2 aromatic carbocycles. The zero-order chi connectivity index (χ0) is 19.2. The summed E-state index contributed by atoms with van der Waals surface area (Å²) in [6.45, 7) is 5.14. The lowest BCUT2D eigenvalue weighted by Crippen LogP contribution is -2.29. The number of benzene rings is 2. The second kappa shape index (κ2) is 8.49. The number of aromatic nitrogens is 2. The number of carbonyl (C=O) groups is 2. The number of nitrogens with zero attached hydrogens (tertiary/aromatic N) is 2. The van der Waals surface area contributed by atoms with E-state index in [4.69, 9.17) is 0 Å². The van der Waals surface area contributed by atoms with Crippen LogP contribution in [0.1, 0.15) is 28.7 Å². The summed E-state index contributed by atoms with van der Waals surface area (Å²) in [5.41, 5.74) is 3.52. The maximum Gasteiger partial charge on any atom is 0.251 e. The van der Waals surface area contributed by atoms with Crippen molar-refractivity contribution in [1.29, 1.82) is 0 Å². The normalized spacial score (nSPS) is 10.7. The highest BCUT2D eigenvalue weighted by Crippen LogP contribution is 2.16. The van der Waals surface area contributed by atoms with E-state index in [0.717, 1.165) is 22.4 Å². The highest BCUT2D eigenvalue weighted by atomic mass is 16.2. The second-order valence-corrected chi connectivity index (χ2v) is 6.43. The summed E-state index contributed by atoms with van der Waals surface area (Å²) in [6, 6.07) is 15.2. The Kier molecular flexibility index (Phi) is 5.86. The van der Waals surface area contributed by atoms with Crippen molar-refractivity contribution in [3.05, 3.63) is 65.5 Å². The van der Waals surface area contributed by atoms with Crippen LogP contribution in [0.3, 0.4) is 0 Å². The number of hydrogen-bond donors (Lipinski definition) is 2. The number of fused-ring (bicyclic) bond motifs is 1. The Labute approximate surface area is 158 Å². The summed E-state index contributed by atoms with van der Waals surface area (Å²) >= 11 is 0. The Hall–Kier alpha value is -3.15. The van der Waals surface area contributed by atoms with E-state index in [-0.39, 0.29) is 18.4 Å². The lowest BCUT2D eigenvalue weighted by Gasteiger charge is -2.10. The van der Waals surface area contributed by atoms with E-state index >= 15 is 0 Å². The zero-order valence-electron chi connectivity index (χ0n) is 15.7. The summed E-state index contributed by atoms with van der Waals surface area (Å²) in [6.07, 6.45) is 0.547. The van der Waals surface area contributed by atoms with Crippen molar-refractivity contribution in [2.45, 2.75) is 26.8 Å². The number of hydrogen-bond acceptors (Lipinski definition) is 3. The van der Waals surface area contributed by atoms with Crippen molar-refractivity contribution >= 4 is 22.8 Å². The lowest BCUT2D eigenvalue weighted by molar-refractivity contribution is -0.121. The van der Waals surface area contributed by atoms with Gasteiger partial charge in [0.05, 0.1) is 11.0 Å². The Morgan fingerprint density at radius 2 is 1.78 bits per heavy atom. The van der Waals surface area contributed by atoms with Gasteiger partial charge in [-0.15, -0.1) is 0 Å². The van der Waals surface area contributed by atoms with Crippen LogP contribution in [0.25, 0.3) is 11.0 Å². The molecule has 2 N–H and O–H groups in total. The minimum Gasteiger partial charge on any atom is -0.355 e. The molecule has 0 atom stereocenters. The van der Waals surface area contributed by atoms with Crippen molar-refractivity contribution in [2.24, 2.45) is 0 Å². The van der Waals surface area contributed by atoms with Crippen molar-refractivity contribution in [3.8, 4) is 0 Å². The minimum absolute atomic E-state index is 0.0504. The summed E-state index contributed by atoms with van der Waals surface area (Å²) in [5, 5.41) is 5.74. The van der Waals surface area contributed by atoms with Crippen LogP contribution in [-0.2, 0) is 17.8 Å². The monoisotopic (exact) mass is 364 g/mol. The Bertz CT molecular complexity index is 944. The third kappa shape index (κ3) is 4.53. The molecule has 27 heavy (non-hydrogen) atoms. The summed E-state index contributed by atoms with van der Waals surface area (Å²) in [5.74, 6) is 0.624. The first-order valence-corrected chi connectivity index (χ1v) is 9.14. The molecule has 1 aromatic heterocycles. The molecule has 0 saturated carbocycles. The Morgan fingerprint density at radius 3 is 2.52 bits per heavy atom. The molecular weight excluding hydrogens is 340 g/mol. The molecule has 6 nitrogen and oxygen atoms in total. The van der Waals surface area contributed by atoms with Gasteiger partial charge in [0.15, 0.2) is 0 Å². The largest absolute Gasteiger partial charge is 0.355 e. The van der Waals surface area contributed by atoms with E-state index in [1.54, 1.807) is 0 Å². The van der Waals surface area contributed by atoms with Gasteiger partial charge in [-0.05, 0) is 38.1 Å². The van der Waals surface area contributed by atoms with Crippen LogP contribution in [0, 0.1) is 6.92 Å². The van der Waals surface area contributed by atoms with E-state index in [2.05, 4.69) is 15.6 Å². The molecule has 2 amide bonds. The molecule has 0 radical (unpaired) electrons. The molecular formula is C21H24N4O2. The predicted molar refractivity (Wildman–Crippen MR) is 106 cm³/mol. The molecule has 6 heteroatoms. The van der Waals surface area contributed by atoms with Crippen molar-refractivity contribution in [3.63, 3.8) is 0 Å². The Morgan fingerprint density at radius 1 is 1.04 bits per heavy atom. The fourth-order valence-corrected chi connectivity index (χ4v) is 2.98. The molecule has 0 saturated heterocycles. The first-order valence-electron chi connectivity index (χ1n) is 9.14. The number of imidazole rings is 1. The third-order valence-corrected chi connectivity index (χ3v) is 4.36. The quantitative estimate of drug-likeness (QED) is 0.676. The number of rotatable bonds is 7. The average Bonchev–Trinajstić information content (AvgIpc) is 3.00. The van der Waals surface area contributed by atoms with E-state index in [0.29, 0.717) is 25.1 Å². The fraction of sp³-hybridized carbons (Fsp3) is 0.286. The summed E-state index contributed by atoms with van der Waals surface area (Å²) in [7, 11) is 0. The van der Waals surface area contributed by atoms with E-state index < -0.39 is 0 Å². The van der Waals surface area contributed by atoms with Crippen LogP contribution in [0.2, 0.25) is 0 Å². The van der Waals surface area contributed by atoms with Gasteiger partial charge < -0.3 is 15.2 Å². The standard InChI is InChI=1S/C21H24N4O2/c1-3-22-20(26)14-25-18-7-5-4-6-17(18)24-19(25)12-13-23-21(27)16-10-8-15(2)9-11-16/h4-11H,3,12-14H2,1-2H3,(H,22,26)(H,23,27). The molecule has 3 rings (SSSR count). The summed E-state index contributed by atoms with van der Waals surface area (Å²) in [4.78, 5) is 29.0. The molecule has 140 valence electrons. The topological polar surface area (TPSA) is 76.0 Å². The van der Waals surface area contributed by atoms with Crippen LogP contribution in [0.4, 0.5) is 0 Å². The molecule has 0 fully saturated rings. The highest BCUT2D eigenvalue weighted by Gasteiger charge is 2.13. The van der Waals surface area contributed by atoms with Gasteiger partial charge in [-0.3, -0.25) is 9.59 Å². The van der Waals surface area contributed by atoms with Gasteiger partial charge in [0, 0.05) is 25.1 Å². The van der Waals surface area contributed by atoms with E-state index in [9.17, 15) is 9.59 Å². The van der Waals surface area contributed by atoms with Gasteiger partial charge in [-0.2, -0.15) is 0 Å². The number of para-hydroxylation sites is 2. The third-order valence-electron chi connectivity index (χ3n) is 4.36. The van der Waals surface area contributed by atoms with Gasteiger partial charge in [0.2, 0.25) is 5.91 Å². The van der Waals surface area contributed by atoms with Crippen LogP contribution < -0.4 is 10.6 Å². The maximum absolute atomic E-state index is 12.3. The van der Waals surface area contributed by atoms with Crippen LogP contribution >= 0.6 is 0 Å². The molecule has 0 aliphatic carbocycles. The van der Waals surface area contributed by atoms with Gasteiger partial charge in [0.1, 0.15) is 12.4 Å². The van der Waals surface area contributed by atoms with Gasteiger partial charge >= 0.3 is 0 Å². The predicted octanol–water partition coefficient (Wildman–Crippen LogP) is 2.45. The molecule has 0 spiro atoms. The Balaban J connectivity index is 1.71.